The fourth-order valence-corrected chi connectivity index (χ4v) is 3.15. The predicted octanol–water partition coefficient (Wildman–Crippen LogP) is -0.187. The molecule has 0 saturated heterocycles. The first-order chi connectivity index (χ1) is 7.22. The number of carbonyl (C=O) groups is 1. The average Bonchev–Trinajstić information content (AvgIpc) is 1.99. The summed E-state index contributed by atoms with van der Waals surface area (Å²) in [5.41, 5.74) is 0. The summed E-state index contributed by atoms with van der Waals surface area (Å²) >= 11 is 0. The molecule has 0 fully saturated rings. The summed E-state index contributed by atoms with van der Waals surface area (Å²) in [6.45, 7) is 2.50. The first kappa shape index (κ1) is 15.1. The zero-order chi connectivity index (χ0) is 12.8. The van der Waals surface area contributed by atoms with Crippen molar-refractivity contribution in [2.75, 3.05) is 18.3 Å². The van der Waals surface area contributed by atoms with Crippen LogP contribution in [0.4, 0.5) is 4.79 Å². The van der Waals surface area contributed by atoms with Crippen molar-refractivity contribution in [3.05, 3.63) is 0 Å². The molecule has 0 aromatic carbocycles. The van der Waals surface area contributed by atoms with E-state index < -0.39 is 31.5 Å². The zero-order valence-corrected chi connectivity index (χ0v) is 10.3. The maximum atomic E-state index is 11.0. The van der Waals surface area contributed by atoms with Crippen LogP contribution in [0.3, 0.4) is 0 Å². The van der Waals surface area contributed by atoms with Gasteiger partial charge in [0, 0.05) is 0 Å². The van der Waals surface area contributed by atoms with Crippen LogP contribution in [0.1, 0.15) is 13.8 Å². The predicted molar refractivity (Wildman–Crippen MR) is 52.4 cm³/mol. The van der Waals surface area contributed by atoms with E-state index in [9.17, 15) is 21.6 Å². The summed E-state index contributed by atoms with van der Waals surface area (Å²) in [7, 11) is -8.84. The van der Waals surface area contributed by atoms with Crippen molar-refractivity contribution >= 4 is 26.4 Å². The molecule has 0 spiro atoms. The molecule has 0 rings (SSSR count). The second-order valence-electron chi connectivity index (χ2n) is 2.41. The topological polar surface area (TPSA) is 113 Å². The molecule has 0 aromatic heterocycles. The smallest absolute Gasteiger partial charge is 0.434 e. The van der Waals surface area contributed by atoms with Gasteiger partial charge in [0.2, 0.25) is 5.08 Å². The van der Waals surface area contributed by atoms with Gasteiger partial charge in [0.1, 0.15) is 0 Å². The minimum Gasteiger partial charge on any atom is -0.434 e. The quantitative estimate of drug-likeness (QED) is 0.484. The van der Waals surface area contributed by atoms with Gasteiger partial charge in [-0.05, 0) is 13.8 Å². The van der Waals surface area contributed by atoms with E-state index in [4.69, 9.17) is 0 Å². The highest BCUT2D eigenvalue weighted by atomic mass is 32.3. The lowest BCUT2D eigenvalue weighted by atomic mass is 10.9. The molecular weight excluding hydrogens is 264 g/mol. The van der Waals surface area contributed by atoms with E-state index in [1.165, 1.54) is 13.8 Å². The summed E-state index contributed by atoms with van der Waals surface area (Å²) in [5.74, 6) is 0. The Morgan fingerprint density at radius 3 is 2.00 bits per heavy atom. The van der Waals surface area contributed by atoms with Crippen LogP contribution in [0.15, 0.2) is 0 Å². The highest BCUT2D eigenvalue weighted by Crippen LogP contribution is 2.04. The van der Waals surface area contributed by atoms with E-state index >= 15 is 0 Å². The fraction of sp³-hybridized carbons (Fsp3) is 0.833. The maximum absolute atomic E-state index is 11.0. The molecular formula is C6H12O8S2. The molecule has 10 heteroatoms. The van der Waals surface area contributed by atoms with Gasteiger partial charge in [0.05, 0.1) is 13.2 Å². The number of ether oxygens (including phenoxy) is 1. The van der Waals surface area contributed by atoms with Crippen molar-refractivity contribution in [2.24, 2.45) is 0 Å². The molecule has 0 atom stereocenters. The molecule has 16 heavy (non-hydrogen) atoms. The Morgan fingerprint density at radius 1 is 1.00 bits per heavy atom. The van der Waals surface area contributed by atoms with Crippen LogP contribution in [0.2, 0.25) is 0 Å². The number of hydrogen-bond acceptors (Lipinski definition) is 8. The first-order valence-corrected chi connectivity index (χ1v) is 7.34. The average molecular weight is 276 g/mol. The second-order valence-corrected chi connectivity index (χ2v) is 5.98. The van der Waals surface area contributed by atoms with Crippen LogP contribution in [0.5, 0.6) is 0 Å². The maximum Gasteiger partial charge on any atom is 0.524 e. The van der Waals surface area contributed by atoms with Crippen LogP contribution in [0.25, 0.3) is 0 Å². The summed E-state index contributed by atoms with van der Waals surface area (Å²) in [4.78, 5) is 10.6. The van der Waals surface area contributed by atoms with E-state index in [1.807, 2.05) is 0 Å². The van der Waals surface area contributed by atoms with Crippen LogP contribution < -0.4 is 0 Å². The molecule has 0 bridgehead atoms. The van der Waals surface area contributed by atoms with Gasteiger partial charge in [-0.2, -0.15) is 16.8 Å². The van der Waals surface area contributed by atoms with E-state index in [0.29, 0.717) is 0 Å². The van der Waals surface area contributed by atoms with E-state index in [0.717, 1.165) is 0 Å². The summed E-state index contributed by atoms with van der Waals surface area (Å²) in [5, 5.41) is -1.44. The third kappa shape index (κ3) is 6.58. The Hall–Kier alpha value is -0.870. The Morgan fingerprint density at radius 2 is 1.56 bits per heavy atom. The minimum atomic E-state index is -4.57. The highest BCUT2D eigenvalue weighted by Gasteiger charge is 2.27. The normalized spacial score (nSPS) is 12.1. The van der Waals surface area contributed by atoms with Crippen molar-refractivity contribution in [3.8, 4) is 0 Å². The van der Waals surface area contributed by atoms with Crippen LogP contribution in [0, 0.1) is 0 Å². The number of rotatable bonds is 6. The monoisotopic (exact) mass is 276 g/mol. The molecule has 96 valence electrons. The summed E-state index contributed by atoms with van der Waals surface area (Å²) in [6.07, 6.45) is -1.48. The lowest BCUT2D eigenvalue weighted by molar-refractivity contribution is 0.107. The Bertz CT molecular complexity index is 419. The Labute approximate surface area is 93.7 Å². The molecule has 0 saturated carbocycles. The van der Waals surface area contributed by atoms with Crippen molar-refractivity contribution in [2.45, 2.75) is 13.8 Å². The van der Waals surface area contributed by atoms with Gasteiger partial charge >= 0.3 is 16.3 Å². The van der Waals surface area contributed by atoms with Crippen molar-refractivity contribution in [3.63, 3.8) is 0 Å². The third-order valence-corrected chi connectivity index (χ3v) is 4.34. The molecule has 0 aliphatic carbocycles. The standard InChI is InChI=1S/C6H12O8S2/c1-3-12-6(7)14-16(10,11)5-15(8,9)13-4-2/h3-5H2,1-2H3. The van der Waals surface area contributed by atoms with E-state index in [-0.39, 0.29) is 13.2 Å². The molecule has 0 N–H and O–H groups in total. The van der Waals surface area contributed by atoms with Gasteiger partial charge in [0.15, 0.2) is 0 Å². The molecule has 0 heterocycles. The third-order valence-electron chi connectivity index (χ3n) is 1.04. The van der Waals surface area contributed by atoms with Gasteiger partial charge < -0.3 is 8.92 Å². The molecule has 0 aliphatic rings. The van der Waals surface area contributed by atoms with E-state index in [2.05, 4.69) is 13.1 Å². The number of hydrogen-bond donors (Lipinski definition) is 0. The highest BCUT2D eigenvalue weighted by molar-refractivity contribution is 8.03. The van der Waals surface area contributed by atoms with Crippen molar-refractivity contribution in [1.29, 1.82) is 0 Å². The minimum absolute atomic E-state index is 0.0907. The van der Waals surface area contributed by atoms with Gasteiger partial charge in [-0.25, -0.2) is 4.79 Å². The summed E-state index contributed by atoms with van der Waals surface area (Å²) < 4.78 is 56.1. The molecule has 0 unspecified atom stereocenters. The Balaban J connectivity index is 4.54. The lowest BCUT2D eigenvalue weighted by Gasteiger charge is -2.05. The van der Waals surface area contributed by atoms with Gasteiger partial charge in [-0.15, -0.1) is 0 Å². The van der Waals surface area contributed by atoms with Crippen molar-refractivity contribution < 1.29 is 34.7 Å². The molecule has 8 nitrogen and oxygen atoms in total. The molecule has 0 aliphatic heterocycles. The first-order valence-electron chi connectivity index (χ1n) is 4.18. The summed E-state index contributed by atoms with van der Waals surface area (Å²) in [6, 6.07) is 0. The SMILES string of the molecule is CCOC(=O)OS(=O)(=O)CS(=O)(=O)OCC. The van der Waals surface area contributed by atoms with Crippen LogP contribution in [-0.2, 0) is 33.3 Å². The largest absolute Gasteiger partial charge is 0.524 e. The van der Waals surface area contributed by atoms with Crippen LogP contribution >= 0.6 is 0 Å². The van der Waals surface area contributed by atoms with Crippen molar-refractivity contribution in [1.82, 2.24) is 0 Å². The zero-order valence-electron chi connectivity index (χ0n) is 8.70. The molecule has 0 aromatic rings. The van der Waals surface area contributed by atoms with Gasteiger partial charge in [0.25, 0.3) is 10.1 Å². The molecule has 0 amide bonds. The lowest BCUT2D eigenvalue weighted by Crippen LogP contribution is -2.23. The van der Waals surface area contributed by atoms with Gasteiger partial charge in [-0.1, -0.05) is 0 Å². The van der Waals surface area contributed by atoms with Crippen LogP contribution in [-0.4, -0.2) is 41.3 Å². The molecule has 0 radical (unpaired) electrons. The second kappa shape index (κ2) is 6.01. The number of carbonyl (C=O) groups excluding carboxylic acids is 1. The van der Waals surface area contributed by atoms with Gasteiger partial charge in [-0.3, -0.25) is 4.18 Å². The fourth-order valence-electron chi connectivity index (χ4n) is 0.660. The Kier molecular flexibility index (Phi) is 5.68. The van der Waals surface area contributed by atoms with E-state index in [1.54, 1.807) is 0 Å².